The van der Waals surface area contributed by atoms with E-state index < -0.39 is 70.5 Å². The van der Waals surface area contributed by atoms with Crippen LogP contribution in [0, 0.1) is 17.3 Å². The molecule has 6 rings (SSSR count). The summed E-state index contributed by atoms with van der Waals surface area (Å²) in [7, 11) is 0. The van der Waals surface area contributed by atoms with E-state index in [0.717, 1.165) is 12.1 Å². The van der Waals surface area contributed by atoms with Crippen molar-refractivity contribution in [2.75, 3.05) is 39.3 Å². The third-order valence-electron chi connectivity index (χ3n) is 9.19. The Balaban J connectivity index is 1.19. The number of piperidine rings is 1. The van der Waals surface area contributed by atoms with Gasteiger partial charge in [-0.1, -0.05) is 29.3 Å². The Morgan fingerprint density at radius 1 is 0.957 bits per heavy atom. The minimum Gasteiger partial charge on any atom is -0.444 e. The second kappa shape index (κ2) is 11.2. The van der Waals surface area contributed by atoms with Crippen LogP contribution in [0.25, 0.3) is 0 Å². The third kappa shape index (κ3) is 6.02. The van der Waals surface area contributed by atoms with E-state index in [9.17, 15) is 23.2 Å². The van der Waals surface area contributed by atoms with Crippen LogP contribution in [0.4, 0.5) is 22.4 Å². The number of benzene rings is 1. The fourth-order valence-electron chi connectivity index (χ4n) is 6.58. The van der Waals surface area contributed by atoms with Gasteiger partial charge in [0.25, 0.3) is 11.8 Å². The fraction of sp³-hybridized carbons (Fsp3) is 0.633. The lowest BCUT2D eigenvalue weighted by atomic mass is 9.71. The van der Waals surface area contributed by atoms with Crippen LogP contribution in [-0.4, -0.2) is 93.6 Å². The molecular formula is C30H33Cl2F4N5O5. The number of hydrogen-bond donors (Lipinski definition) is 0. The van der Waals surface area contributed by atoms with Crippen LogP contribution in [0.5, 0.6) is 0 Å². The molecule has 0 bridgehead atoms. The molecule has 2 aromatic rings. The molecule has 4 aliphatic rings. The van der Waals surface area contributed by atoms with Crippen molar-refractivity contribution in [2.24, 2.45) is 17.3 Å². The van der Waals surface area contributed by atoms with E-state index in [1.54, 1.807) is 30.6 Å². The molecule has 1 aliphatic carbocycles. The van der Waals surface area contributed by atoms with E-state index in [2.05, 4.69) is 10.2 Å². The quantitative estimate of drug-likeness (QED) is 0.378. The first-order valence-corrected chi connectivity index (χ1v) is 15.8. The topological polar surface area (TPSA) is 109 Å². The Labute approximate surface area is 272 Å². The lowest BCUT2D eigenvalue weighted by Gasteiger charge is -2.50. The molecule has 3 saturated heterocycles. The second-order valence-electron chi connectivity index (χ2n) is 13.7. The number of alkyl halides is 4. The summed E-state index contributed by atoms with van der Waals surface area (Å²) in [4.78, 5) is 43.4. The van der Waals surface area contributed by atoms with Gasteiger partial charge < -0.3 is 23.9 Å². The molecule has 1 unspecified atom stereocenters. The molecule has 3 aliphatic heterocycles. The molecule has 10 nitrogen and oxygen atoms in total. The highest BCUT2D eigenvalue weighted by Crippen LogP contribution is 2.54. The van der Waals surface area contributed by atoms with E-state index >= 15 is 8.78 Å². The van der Waals surface area contributed by atoms with Crippen LogP contribution >= 0.6 is 23.2 Å². The monoisotopic (exact) mass is 689 g/mol. The molecule has 1 saturated carbocycles. The number of ether oxygens (including phenoxy) is 1. The first-order chi connectivity index (χ1) is 21.4. The predicted octanol–water partition coefficient (Wildman–Crippen LogP) is 5.57. The van der Waals surface area contributed by atoms with Crippen molar-refractivity contribution in [1.82, 2.24) is 24.9 Å². The first-order valence-electron chi connectivity index (χ1n) is 15.0. The van der Waals surface area contributed by atoms with E-state index in [4.69, 9.17) is 32.4 Å². The summed E-state index contributed by atoms with van der Waals surface area (Å²) in [6.45, 7) is 6.22. The minimum atomic E-state index is -3.72. The first kappa shape index (κ1) is 32.8. The summed E-state index contributed by atoms with van der Waals surface area (Å²) in [5, 5.41) is 7.58. The summed E-state index contributed by atoms with van der Waals surface area (Å²) < 4.78 is 69.2. The number of hydrogen-bond acceptors (Lipinski definition) is 7. The van der Waals surface area contributed by atoms with Crippen LogP contribution in [0.3, 0.4) is 0 Å². The summed E-state index contributed by atoms with van der Waals surface area (Å²) in [5.74, 6) is -11.3. The number of rotatable bonds is 5. The van der Waals surface area contributed by atoms with Gasteiger partial charge in [-0.2, -0.15) is 8.78 Å². The molecule has 4 heterocycles. The zero-order valence-corrected chi connectivity index (χ0v) is 26.9. The molecule has 3 amide bonds. The molecule has 1 aromatic heterocycles. The molecule has 1 aromatic carbocycles. The number of carbonyl (C=O) groups excluding carboxylic acids is 3. The Kier molecular flexibility index (Phi) is 8.02. The summed E-state index contributed by atoms with van der Waals surface area (Å²) in [5.41, 5.74) is -2.02. The zero-order chi connectivity index (χ0) is 33.4. The Hall–Kier alpha value is -3.13. The number of likely N-dealkylation sites (tertiary alicyclic amines) is 3. The maximum absolute atomic E-state index is 15.4. The van der Waals surface area contributed by atoms with Gasteiger partial charge in [-0.3, -0.25) is 9.59 Å². The number of aromatic nitrogens is 2. The lowest BCUT2D eigenvalue weighted by molar-refractivity contribution is -0.148. The standard InChI is InChI=1S/C30H33Cl2F4N5O5/c1-27(2,3)46-26(44)39-8-6-16(7-9-39)23(42)40-12-19(28(13-40)14-41(15-28)24(43)18-11-29(18,33)34)22-37-38-25(45-22)30(35,36)17-4-5-20(31)21(32)10-17/h4-5,10,16,18-19H,6-9,11-15H2,1-3H3/t18-,19?/m1/s1. The van der Waals surface area contributed by atoms with Crippen molar-refractivity contribution in [3.05, 3.63) is 45.6 Å². The average molecular weight is 691 g/mol. The summed E-state index contributed by atoms with van der Waals surface area (Å²) in [6.07, 6.45) is -0.172. The molecule has 2 atom stereocenters. The molecule has 250 valence electrons. The SMILES string of the molecule is CC(C)(C)OC(=O)N1CCC(C(=O)N2CC(c3nnc(C(F)(F)c4ccc(Cl)c(Cl)c4)o3)C3(C2)CN(C(=O)[C@H]2CC2(F)F)C3)CC1. The van der Waals surface area contributed by atoms with Crippen molar-refractivity contribution in [3.63, 3.8) is 0 Å². The van der Waals surface area contributed by atoms with Gasteiger partial charge in [0.1, 0.15) is 11.5 Å². The maximum atomic E-state index is 15.4. The molecular weight excluding hydrogens is 657 g/mol. The van der Waals surface area contributed by atoms with Gasteiger partial charge in [0.15, 0.2) is 0 Å². The molecule has 16 heteroatoms. The van der Waals surface area contributed by atoms with Crippen LogP contribution in [-0.2, 0) is 20.2 Å². The van der Waals surface area contributed by atoms with Gasteiger partial charge in [0, 0.05) is 62.6 Å². The van der Waals surface area contributed by atoms with Crippen molar-refractivity contribution in [1.29, 1.82) is 0 Å². The highest BCUT2D eigenvalue weighted by molar-refractivity contribution is 6.42. The average Bonchev–Trinajstić information content (AvgIpc) is 3.31. The second-order valence-corrected chi connectivity index (χ2v) is 14.6. The van der Waals surface area contributed by atoms with Crippen LogP contribution in [0.15, 0.2) is 22.6 Å². The van der Waals surface area contributed by atoms with Crippen molar-refractivity contribution >= 4 is 41.1 Å². The van der Waals surface area contributed by atoms with Gasteiger partial charge in [-0.25, -0.2) is 13.6 Å². The lowest BCUT2D eigenvalue weighted by Crippen LogP contribution is -2.62. The molecule has 0 N–H and O–H groups in total. The highest BCUT2D eigenvalue weighted by atomic mass is 35.5. The largest absolute Gasteiger partial charge is 0.444 e. The number of halogens is 6. The van der Waals surface area contributed by atoms with Crippen LogP contribution in [0.1, 0.15) is 63.3 Å². The van der Waals surface area contributed by atoms with Gasteiger partial charge >= 0.3 is 12.0 Å². The Bertz CT molecular complexity index is 1550. The summed E-state index contributed by atoms with van der Waals surface area (Å²) in [6, 6.07) is 3.32. The van der Waals surface area contributed by atoms with Gasteiger partial charge in [0.2, 0.25) is 17.7 Å². The van der Waals surface area contributed by atoms with Crippen molar-refractivity contribution in [3.8, 4) is 0 Å². The Morgan fingerprint density at radius 3 is 2.17 bits per heavy atom. The van der Waals surface area contributed by atoms with E-state index in [0.29, 0.717) is 25.9 Å². The molecule has 4 fully saturated rings. The molecule has 1 spiro atoms. The normalized spacial score (nSPS) is 24.2. The van der Waals surface area contributed by atoms with Crippen molar-refractivity contribution in [2.45, 2.75) is 63.4 Å². The van der Waals surface area contributed by atoms with E-state index in [1.807, 2.05) is 0 Å². The van der Waals surface area contributed by atoms with Gasteiger partial charge in [-0.05, 0) is 45.7 Å². The predicted molar refractivity (Wildman–Crippen MR) is 156 cm³/mol. The third-order valence-corrected chi connectivity index (χ3v) is 9.93. The zero-order valence-electron chi connectivity index (χ0n) is 25.4. The van der Waals surface area contributed by atoms with Crippen molar-refractivity contribution < 1.29 is 41.1 Å². The summed E-state index contributed by atoms with van der Waals surface area (Å²) >= 11 is 11.8. The minimum absolute atomic E-state index is 0.0326. The fourth-order valence-corrected chi connectivity index (χ4v) is 6.88. The number of carbonyl (C=O) groups is 3. The van der Waals surface area contributed by atoms with Gasteiger partial charge in [-0.15, -0.1) is 10.2 Å². The molecule has 0 radical (unpaired) electrons. The van der Waals surface area contributed by atoms with E-state index in [1.165, 1.54) is 11.0 Å². The molecule has 46 heavy (non-hydrogen) atoms. The number of nitrogens with zero attached hydrogens (tertiary/aromatic N) is 5. The maximum Gasteiger partial charge on any atom is 0.410 e. The van der Waals surface area contributed by atoms with Crippen LogP contribution in [0.2, 0.25) is 10.0 Å². The number of amides is 3. The van der Waals surface area contributed by atoms with E-state index in [-0.39, 0.29) is 48.0 Å². The smallest absolute Gasteiger partial charge is 0.410 e. The van der Waals surface area contributed by atoms with Gasteiger partial charge in [0.05, 0.1) is 16.0 Å². The highest BCUT2D eigenvalue weighted by Gasteiger charge is 2.66. The Morgan fingerprint density at radius 2 is 1.59 bits per heavy atom. The van der Waals surface area contributed by atoms with Crippen LogP contribution < -0.4 is 0 Å².